The molecule has 8 heteroatoms. The maximum Gasteiger partial charge on any atom is 0.348 e. The van der Waals surface area contributed by atoms with E-state index in [1.165, 1.54) is 28.8 Å². The Hall–Kier alpha value is -3.29. The van der Waals surface area contributed by atoms with Gasteiger partial charge in [-0.1, -0.05) is 18.2 Å². The Balaban J connectivity index is 1.37. The van der Waals surface area contributed by atoms with Gasteiger partial charge in [0.05, 0.1) is 5.69 Å². The summed E-state index contributed by atoms with van der Waals surface area (Å²) < 4.78 is 29.4. The smallest absolute Gasteiger partial charge is 0.342 e. The molecule has 1 aromatic heterocycles. The lowest BCUT2D eigenvalue weighted by Gasteiger charge is -2.16. The van der Waals surface area contributed by atoms with E-state index in [1.54, 1.807) is 18.2 Å². The van der Waals surface area contributed by atoms with Crippen LogP contribution in [0.5, 0.6) is 0 Å². The van der Waals surface area contributed by atoms with Crippen LogP contribution >= 0.6 is 0 Å². The van der Waals surface area contributed by atoms with Gasteiger partial charge in [-0.3, -0.25) is 4.79 Å². The molecule has 6 nitrogen and oxygen atoms in total. The molecule has 1 aliphatic heterocycles. The lowest BCUT2D eigenvalue weighted by atomic mass is 10.0. The number of rotatable bonds is 5. The van der Waals surface area contributed by atoms with Gasteiger partial charge < -0.3 is 4.90 Å². The summed E-state index contributed by atoms with van der Waals surface area (Å²) in [6.07, 6.45) is 3.27. The van der Waals surface area contributed by atoms with Crippen LogP contribution in [0.2, 0.25) is 0 Å². The second-order valence-electron chi connectivity index (χ2n) is 8.37. The molecule has 2 fully saturated rings. The average Bonchev–Trinajstić information content (AvgIpc) is 3.41. The van der Waals surface area contributed by atoms with Gasteiger partial charge >= 0.3 is 5.69 Å². The minimum absolute atomic E-state index is 0.114. The summed E-state index contributed by atoms with van der Waals surface area (Å²) >= 11 is 0. The molecular weight excluding hydrogens is 402 g/mol. The zero-order valence-electron chi connectivity index (χ0n) is 16.9. The zero-order valence-corrected chi connectivity index (χ0v) is 16.9. The van der Waals surface area contributed by atoms with Crippen molar-refractivity contribution in [2.24, 2.45) is 11.8 Å². The predicted octanol–water partition coefficient (Wildman–Crippen LogP) is 3.31. The first-order valence-electron chi connectivity index (χ1n) is 10.5. The molecule has 3 aromatic rings. The lowest BCUT2D eigenvalue weighted by molar-refractivity contribution is -0.131. The summed E-state index contributed by atoms with van der Waals surface area (Å²) in [5.41, 5.74) is 0.873. The van der Waals surface area contributed by atoms with Crippen LogP contribution in [0.3, 0.4) is 0 Å². The van der Waals surface area contributed by atoms with Gasteiger partial charge in [0.1, 0.15) is 17.5 Å². The zero-order chi connectivity index (χ0) is 21.5. The van der Waals surface area contributed by atoms with E-state index in [9.17, 15) is 18.4 Å². The van der Waals surface area contributed by atoms with Gasteiger partial charge in [0.25, 0.3) is 0 Å². The SMILES string of the molecule is O=C(C1CC1)N1CC[C@@H](Cc2n[nH]c(=O)n2-c2ccc(-c3ccc(F)cc3)cc2F)C1. The molecule has 2 heterocycles. The number of aromatic nitrogens is 3. The van der Waals surface area contributed by atoms with Crippen LogP contribution in [-0.4, -0.2) is 38.7 Å². The third-order valence-corrected chi connectivity index (χ3v) is 6.10. The minimum atomic E-state index is -0.566. The molecule has 1 saturated heterocycles. The largest absolute Gasteiger partial charge is 0.348 e. The summed E-state index contributed by atoms with van der Waals surface area (Å²) in [5.74, 6) is 0.117. The third kappa shape index (κ3) is 3.89. The third-order valence-electron chi connectivity index (χ3n) is 6.10. The number of H-pyrrole nitrogens is 1. The summed E-state index contributed by atoms with van der Waals surface area (Å²) in [6, 6.07) is 10.4. The summed E-state index contributed by atoms with van der Waals surface area (Å²) in [6.45, 7) is 1.36. The van der Waals surface area contributed by atoms with Gasteiger partial charge in [-0.25, -0.2) is 23.2 Å². The maximum absolute atomic E-state index is 15.0. The molecule has 31 heavy (non-hydrogen) atoms. The molecule has 5 rings (SSSR count). The maximum atomic E-state index is 15.0. The van der Waals surface area contributed by atoms with E-state index < -0.39 is 11.5 Å². The van der Waals surface area contributed by atoms with E-state index in [2.05, 4.69) is 10.2 Å². The van der Waals surface area contributed by atoms with Gasteiger partial charge in [-0.2, -0.15) is 5.10 Å². The highest BCUT2D eigenvalue weighted by molar-refractivity contribution is 5.81. The number of amides is 1. The molecule has 0 spiro atoms. The Morgan fingerprint density at radius 1 is 1.06 bits per heavy atom. The summed E-state index contributed by atoms with van der Waals surface area (Å²) in [5, 5.41) is 6.54. The van der Waals surface area contributed by atoms with Gasteiger partial charge in [-0.15, -0.1) is 0 Å². The molecular formula is C23H22F2N4O2. The van der Waals surface area contributed by atoms with Crippen molar-refractivity contribution < 1.29 is 13.6 Å². The van der Waals surface area contributed by atoms with Crippen LogP contribution < -0.4 is 5.69 Å². The van der Waals surface area contributed by atoms with E-state index >= 15 is 0 Å². The molecule has 2 aromatic carbocycles. The van der Waals surface area contributed by atoms with Crippen LogP contribution in [0.15, 0.2) is 47.3 Å². The lowest BCUT2D eigenvalue weighted by Crippen LogP contribution is -2.30. The van der Waals surface area contributed by atoms with Crippen molar-refractivity contribution in [3.8, 4) is 16.8 Å². The normalized spacial score (nSPS) is 18.5. The first-order chi connectivity index (χ1) is 15.0. The number of hydrogen-bond donors (Lipinski definition) is 1. The number of hydrogen-bond acceptors (Lipinski definition) is 3. The van der Waals surface area contributed by atoms with Crippen LogP contribution in [-0.2, 0) is 11.2 Å². The van der Waals surface area contributed by atoms with Gasteiger partial charge in [-0.05, 0) is 60.6 Å². The highest BCUT2D eigenvalue weighted by atomic mass is 19.1. The number of nitrogens with one attached hydrogen (secondary N) is 1. The van der Waals surface area contributed by atoms with Crippen molar-refractivity contribution in [3.05, 3.63) is 70.4 Å². The highest BCUT2D eigenvalue weighted by Crippen LogP contribution is 2.33. The molecule has 1 N–H and O–H groups in total. The Bertz CT molecular complexity index is 1180. The molecule has 1 atom stereocenters. The van der Waals surface area contributed by atoms with Gasteiger partial charge in [0, 0.05) is 25.4 Å². The first kappa shape index (κ1) is 19.7. The minimum Gasteiger partial charge on any atom is -0.342 e. The van der Waals surface area contributed by atoms with E-state index in [0.29, 0.717) is 29.9 Å². The van der Waals surface area contributed by atoms with E-state index in [4.69, 9.17) is 0 Å². The van der Waals surface area contributed by atoms with E-state index in [-0.39, 0.29) is 29.2 Å². The van der Waals surface area contributed by atoms with Crippen molar-refractivity contribution in [2.45, 2.75) is 25.7 Å². The molecule has 0 radical (unpaired) electrons. The molecule has 0 bridgehead atoms. The first-order valence-corrected chi connectivity index (χ1v) is 10.5. The molecule has 1 aliphatic carbocycles. The summed E-state index contributed by atoms with van der Waals surface area (Å²) in [4.78, 5) is 26.6. The van der Waals surface area contributed by atoms with E-state index in [1.807, 2.05) is 4.90 Å². The summed E-state index contributed by atoms with van der Waals surface area (Å²) in [7, 11) is 0. The van der Waals surface area contributed by atoms with Crippen molar-refractivity contribution in [2.75, 3.05) is 13.1 Å². The number of carbonyl (C=O) groups is 1. The fourth-order valence-corrected chi connectivity index (χ4v) is 4.27. The number of likely N-dealkylation sites (tertiary alicyclic amines) is 1. The number of halogens is 2. The van der Waals surface area contributed by atoms with Crippen molar-refractivity contribution in [3.63, 3.8) is 0 Å². The van der Waals surface area contributed by atoms with Crippen LogP contribution in [0.25, 0.3) is 16.8 Å². The average molecular weight is 424 g/mol. The quantitative estimate of drug-likeness (QED) is 0.683. The Labute approximate surface area is 177 Å². The second-order valence-corrected chi connectivity index (χ2v) is 8.37. The topological polar surface area (TPSA) is 71.0 Å². The van der Waals surface area contributed by atoms with Gasteiger partial charge in [0.2, 0.25) is 5.91 Å². The molecule has 2 aliphatic rings. The highest BCUT2D eigenvalue weighted by Gasteiger charge is 2.37. The van der Waals surface area contributed by atoms with E-state index in [0.717, 1.165) is 25.8 Å². The second kappa shape index (κ2) is 7.76. The molecule has 1 saturated carbocycles. The van der Waals surface area contributed by atoms with Crippen molar-refractivity contribution in [1.82, 2.24) is 19.7 Å². The van der Waals surface area contributed by atoms with Gasteiger partial charge in [0.15, 0.2) is 0 Å². The van der Waals surface area contributed by atoms with Crippen LogP contribution in [0, 0.1) is 23.5 Å². The van der Waals surface area contributed by atoms with Crippen LogP contribution in [0.4, 0.5) is 8.78 Å². The molecule has 160 valence electrons. The fraction of sp³-hybridized carbons (Fsp3) is 0.348. The fourth-order valence-electron chi connectivity index (χ4n) is 4.27. The number of benzene rings is 2. The Morgan fingerprint density at radius 3 is 2.52 bits per heavy atom. The Kier molecular flexibility index (Phi) is 4.92. The molecule has 1 amide bonds. The standard InChI is InChI=1S/C23H22F2N4O2/c24-18-6-3-15(4-7-18)17-5-8-20(19(25)12-17)29-21(26-27-23(29)31)11-14-9-10-28(13-14)22(30)16-1-2-16/h3-8,12,14,16H,1-2,9-11,13H2,(H,27,31)/t14-/m0/s1. The predicted molar refractivity (Wildman–Crippen MR) is 111 cm³/mol. The molecule has 0 unspecified atom stereocenters. The number of nitrogens with zero attached hydrogens (tertiary/aromatic N) is 3. The van der Waals surface area contributed by atoms with Crippen molar-refractivity contribution >= 4 is 5.91 Å². The van der Waals surface area contributed by atoms with Crippen molar-refractivity contribution in [1.29, 1.82) is 0 Å². The number of carbonyl (C=O) groups excluding carboxylic acids is 1. The Morgan fingerprint density at radius 2 is 1.81 bits per heavy atom. The monoisotopic (exact) mass is 424 g/mol. The number of aromatic amines is 1. The van der Waals surface area contributed by atoms with Crippen LogP contribution in [0.1, 0.15) is 25.1 Å².